The molecule has 0 aliphatic carbocycles. The molecule has 2 atom stereocenters. The lowest BCUT2D eigenvalue weighted by atomic mass is 10.2. The van der Waals surface area contributed by atoms with Crippen LogP contribution in [-0.4, -0.2) is 61.3 Å². The van der Waals surface area contributed by atoms with Crippen molar-refractivity contribution in [2.24, 2.45) is 5.73 Å². The maximum absolute atomic E-state index is 11.9. The van der Waals surface area contributed by atoms with Crippen LogP contribution in [0, 0.1) is 0 Å². The van der Waals surface area contributed by atoms with E-state index < -0.39 is 30.1 Å². The molecule has 1 heterocycles. The smallest absolute Gasteiger partial charge is 0.326 e. The van der Waals surface area contributed by atoms with Crippen molar-refractivity contribution in [2.45, 2.75) is 26.0 Å². The van der Waals surface area contributed by atoms with Crippen LogP contribution in [0.5, 0.6) is 0 Å². The first-order chi connectivity index (χ1) is 8.95. The van der Waals surface area contributed by atoms with E-state index >= 15 is 0 Å². The molecule has 8 heteroatoms. The zero-order valence-corrected chi connectivity index (χ0v) is 11.0. The molecule has 19 heavy (non-hydrogen) atoms. The van der Waals surface area contributed by atoms with Crippen molar-refractivity contribution in [3.05, 3.63) is 0 Å². The minimum absolute atomic E-state index is 0.233. The Morgan fingerprint density at radius 2 is 2.21 bits per heavy atom. The van der Waals surface area contributed by atoms with E-state index in [0.717, 1.165) is 0 Å². The summed E-state index contributed by atoms with van der Waals surface area (Å²) in [6.45, 7) is 5.42. The number of likely N-dealkylation sites (N-methyl/N-ethyl adjacent to an activating group) is 1. The van der Waals surface area contributed by atoms with Crippen molar-refractivity contribution < 1.29 is 23.9 Å². The standard InChI is InChI=1S/C11H19N3O5/c1-3-14-4-5-18-6-8(14)10(16)19-7(2)9(15)13-11(12)17/h7-8H,3-6H2,1-2H3,(H3,12,13,15,17)/t7-,8+/m1/s1. The molecule has 0 spiro atoms. The average molecular weight is 273 g/mol. The molecule has 0 bridgehead atoms. The van der Waals surface area contributed by atoms with E-state index in [1.165, 1.54) is 6.92 Å². The van der Waals surface area contributed by atoms with Crippen LogP contribution >= 0.6 is 0 Å². The van der Waals surface area contributed by atoms with E-state index in [1.54, 1.807) is 0 Å². The highest BCUT2D eigenvalue weighted by atomic mass is 16.6. The molecule has 1 aliphatic heterocycles. The van der Waals surface area contributed by atoms with E-state index in [1.807, 2.05) is 17.1 Å². The van der Waals surface area contributed by atoms with E-state index in [0.29, 0.717) is 19.7 Å². The first-order valence-corrected chi connectivity index (χ1v) is 6.08. The number of nitrogens with one attached hydrogen (secondary N) is 1. The highest BCUT2D eigenvalue weighted by molar-refractivity contribution is 5.96. The second kappa shape index (κ2) is 7.05. The molecule has 0 aromatic rings. The van der Waals surface area contributed by atoms with Crippen molar-refractivity contribution in [3.63, 3.8) is 0 Å². The topological polar surface area (TPSA) is 111 Å². The summed E-state index contributed by atoms with van der Waals surface area (Å²) in [5.41, 5.74) is 4.81. The monoisotopic (exact) mass is 273 g/mol. The SMILES string of the molecule is CCN1CCOC[C@H]1C(=O)O[C@H](C)C(=O)NC(N)=O. The molecule has 108 valence electrons. The third kappa shape index (κ3) is 4.49. The molecular weight excluding hydrogens is 254 g/mol. The molecule has 1 rings (SSSR count). The molecule has 0 saturated carbocycles. The van der Waals surface area contributed by atoms with Gasteiger partial charge < -0.3 is 15.2 Å². The van der Waals surface area contributed by atoms with Crippen LogP contribution in [-0.2, 0) is 19.1 Å². The van der Waals surface area contributed by atoms with Crippen LogP contribution in [0.4, 0.5) is 4.79 Å². The first kappa shape index (κ1) is 15.4. The zero-order chi connectivity index (χ0) is 14.4. The van der Waals surface area contributed by atoms with Gasteiger partial charge in [-0.1, -0.05) is 6.92 Å². The van der Waals surface area contributed by atoms with Crippen molar-refractivity contribution in [1.29, 1.82) is 0 Å². The number of nitrogens with two attached hydrogens (primary N) is 1. The Morgan fingerprint density at radius 1 is 1.53 bits per heavy atom. The van der Waals surface area contributed by atoms with Gasteiger partial charge in [0.15, 0.2) is 6.10 Å². The van der Waals surface area contributed by atoms with Gasteiger partial charge in [-0.3, -0.25) is 19.8 Å². The third-order valence-corrected chi connectivity index (χ3v) is 2.83. The van der Waals surface area contributed by atoms with E-state index in [9.17, 15) is 14.4 Å². The summed E-state index contributed by atoms with van der Waals surface area (Å²) >= 11 is 0. The fourth-order valence-electron chi connectivity index (χ4n) is 1.76. The van der Waals surface area contributed by atoms with Gasteiger partial charge in [0.2, 0.25) is 0 Å². The fraction of sp³-hybridized carbons (Fsp3) is 0.727. The second-order valence-electron chi connectivity index (χ2n) is 4.15. The summed E-state index contributed by atoms with van der Waals surface area (Å²) in [4.78, 5) is 35.7. The first-order valence-electron chi connectivity index (χ1n) is 6.08. The van der Waals surface area contributed by atoms with Crippen LogP contribution in [0.15, 0.2) is 0 Å². The number of esters is 1. The molecule has 3 amide bonds. The Labute approximate surface area is 111 Å². The Morgan fingerprint density at radius 3 is 2.79 bits per heavy atom. The van der Waals surface area contributed by atoms with Gasteiger partial charge in [0, 0.05) is 6.54 Å². The molecule has 0 radical (unpaired) electrons. The van der Waals surface area contributed by atoms with Crippen molar-refractivity contribution >= 4 is 17.9 Å². The van der Waals surface area contributed by atoms with Gasteiger partial charge in [0.25, 0.3) is 5.91 Å². The Bertz CT molecular complexity index is 360. The van der Waals surface area contributed by atoms with Gasteiger partial charge in [-0.05, 0) is 13.5 Å². The molecule has 1 aliphatic rings. The predicted molar refractivity (Wildman–Crippen MR) is 65.1 cm³/mol. The number of morpholine rings is 1. The summed E-state index contributed by atoms with van der Waals surface area (Å²) < 4.78 is 10.2. The number of hydrogen-bond acceptors (Lipinski definition) is 6. The van der Waals surface area contributed by atoms with Crippen molar-refractivity contribution in [1.82, 2.24) is 10.2 Å². The van der Waals surface area contributed by atoms with Gasteiger partial charge in [0.1, 0.15) is 6.04 Å². The number of amides is 3. The Kier molecular flexibility index (Phi) is 5.71. The number of hydrogen-bond donors (Lipinski definition) is 2. The zero-order valence-electron chi connectivity index (χ0n) is 11.0. The lowest BCUT2D eigenvalue weighted by Crippen LogP contribution is -2.52. The van der Waals surface area contributed by atoms with Crippen LogP contribution in [0.2, 0.25) is 0 Å². The molecular formula is C11H19N3O5. The van der Waals surface area contributed by atoms with Crippen molar-refractivity contribution in [3.8, 4) is 0 Å². The number of imide groups is 1. The number of carbonyl (C=O) groups is 3. The lowest BCUT2D eigenvalue weighted by Gasteiger charge is -2.33. The maximum atomic E-state index is 11.9. The Balaban J connectivity index is 2.53. The molecule has 1 fully saturated rings. The van der Waals surface area contributed by atoms with Crippen LogP contribution in [0.25, 0.3) is 0 Å². The number of primary amides is 1. The highest BCUT2D eigenvalue weighted by Crippen LogP contribution is 2.09. The van der Waals surface area contributed by atoms with Crippen LogP contribution < -0.4 is 11.1 Å². The number of nitrogens with zero attached hydrogens (tertiary/aromatic N) is 1. The number of rotatable bonds is 4. The largest absolute Gasteiger partial charge is 0.451 e. The summed E-state index contributed by atoms with van der Waals surface area (Å²) in [5, 5.41) is 1.85. The summed E-state index contributed by atoms with van der Waals surface area (Å²) in [5.74, 6) is -1.30. The quantitative estimate of drug-likeness (QED) is 0.625. The average Bonchev–Trinajstić information content (AvgIpc) is 2.37. The molecule has 8 nitrogen and oxygen atoms in total. The van der Waals surface area contributed by atoms with Gasteiger partial charge in [0.05, 0.1) is 13.2 Å². The Hall–Kier alpha value is -1.67. The van der Waals surface area contributed by atoms with E-state index in [2.05, 4.69) is 0 Å². The van der Waals surface area contributed by atoms with E-state index in [4.69, 9.17) is 15.2 Å². The summed E-state index contributed by atoms with van der Waals surface area (Å²) in [7, 11) is 0. The van der Waals surface area contributed by atoms with Gasteiger partial charge in [-0.2, -0.15) is 0 Å². The minimum Gasteiger partial charge on any atom is -0.451 e. The van der Waals surface area contributed by atoms with Gasteiger partial charge in [-0.25, -0.2) is 4.79 Å². The molecule has 3 N–H and O–H groups in total. The van der Waals surface area contributed by atoms with Crippen LogP contribution in [0.1, 0.15) is 13.8 Å². The second-order valence-corrected chi connectivity index (χ2v) is 4.15. The van der Waals surface area contributed by atoms with Crippen LogP contribution in [0.3, 0.4) is 0 Å². The van der Waals surface area contributed by atoms with E-state index in [-0.39, 0.29) is 6.61 Å². The van der Waals surface area contributed by atoms with Crippen molar-refractivity contribution in [2.75, 3.05) is 26.3 Å². The molecule has 0 aromatic carbocycles. The lowest BCUT2D eigenvalue weighted by molar-refractivity contribution is -0.164. The van der Waals surface area contributed by atoms with Gasteiger partial charge in [-0.15, -0.1) is 0 Å². The normalized spacial score (nSPS) is 21.5. The third-order valence-electron chi connectivity index (χ3n) is 2.83. The number of ether oxygens (including phenoxy) is 2. The highest BCUT2D eigenvalue weighted by Gasteiger charge is 2.32. The molecule has 1 saturated heterocycles. The predicted octanol–water partition coefficient (Wildman–Crippen LogP) is -1.17. The van der Waals surface area contributed by atoms with Gasteiger partial charge >= 0.3 is 12.0 Å². The minimum atomic E-state index is -1.08. The molecule has 0 unspecified atom stereocenters. The number of carbonyl (C=O) groups excluding carboxylic acids is 3. The number of urea groups is 1. The fourth-order valence-corrected chi connectivity index (χ4v) is 1.76. The summed E-state index contributed by atoms with van der Waals surface area (Å²) in [6, 6.07) is -1.51. The molecule has 0 aromatic heterocycles. The maximum Gasteiger partial charge on any atom is 0.326 e. The summed E-state index contributed by atoms with van der Waals surface area (Å²) in [6.07, 6.45) is -1.08.